The van der Waals surface area contributed by atoms with E-state index in [2.05, 4.69) is 209 Å². The zero-order chi connectivity index (χ0) is 48.1. The van der Waals surface area contributed by atoms with E-state index in [9.17, 15) is 0 Å². The Kier molecular flexibility index (Phi) is 8.64. The quantitative estimate of drug-likeness (QED) is 0.161. The number of fused-ring (bicyclic) bond motifs is 12. The Labute approximate surface area is 411 Å². The van der Waals surface area contributed by atoms with Crippen LogP contribution in [0.5, 0.6) is 0 Å². The summed E-state index contributed by atoms with van der Waals surface area (Å²) in [5.74, 6) is 0. The summed E-state index contributed by atoms with van der Waals surface area (Å²) in [6.07, 6.45) is 7.05. The van der Waals surface area contributed by atoms with Gasteiger partial charge in [-0.25, -0.2) is 0 Å². The van der Waals surface area contributed by atoms with Gasteiger partial charge in [-0.2, -0.15) is 0 Å². The van der Waals surface area contributed by atoms with Crippen molar-refractivity contribution in [2.45, 2.75) is 161 Å². The molecule has 3 nitrogen and oxygen atoms in total. The minimum Gasteiger partial charge on any atom is -0.456 e. The van der Waals surface area contributed by atoms with Gasteiger partial charge in [0.05, 0.1) is 5.69 Å². The van der Waals surface area contributed by atoms with E-state index < -0.39 is 0 Å². The van der Waals surface area contributed by atoms with Gasteiger partial charge in [0, 0.05) is 44.5 Å². The van der Waals surface area contributed by atoms with Crippen LogP contribution in [0.25, 0.3) is 43.8 Å². The molecule has 0 bridgehead atoms. The first-order valence-electron chi connectivity index (χ1n) is 26.2. The molecule has 5 aliphatic rings. The van der Waals surface area contributed by atoms with E-state index in [-0.39, 0.29) is 39.3 Å². The Morgan fingerprint density at radius 1 is 0.435 bits per heavy atom. The highest BCUT2D eigenvalue weighted by atomic mass is 16.3. The zero-order valence-electron chi connectivity index (χ0n) is 43.5. The van der Waals surface area contributed by atoms with Crippen molar-refractivity contribution in [3.63, 3.8) is 0 Å². The van der Waals surface area contributed by atoms with Crippen LogP contribution in [-0.2, 0) is 32.5 Å². The number of benzene rings is 7. The molecule has 0 unspecified atom stereocenters. The molecule has 0 saturated heterocycles. The minimum absolute atomic E-state index is 0.0380. The Hall–Kier alpha value is -5.74. The van der Waals surface area contributed by atoms with Gasteiger partial charge in [0.1, 0.15) is 11.2 Å². The number of furan rings is 1. The second-order valence-electron chi connectivity index (χ2n) is 26.2. The molecule has 0 N–H and O–H groups in total. The molecule has 0 spiro atoms. The number of hydrogen-bond acceptors (Lipinski definition) is 3. The molecular formula is C65H69BN2O. The SMILES string of the molecule is Cc1cc2c(cc1N1c3cc4c(cc3B3c5c(cc6ccccc6c51)-c1cc5c(cc1N3c1ccc3c(c1)C(C)(C)CCC3(C)C)C(C)(C)CCC5(C)C)oc1ccccc14)C(C)(C)CCC2(C)C. The van der Waals surface area contributed by atoms with Gasteiger partial charge in [-0.1, -0.05) is 138 Å². The molecule has 13 rings (SSSR count). The largest absolute Gasteiger partial charge is 0.456 e. The van der Waals surface area contributed by atoms with Crippen molar-refractivity contribution >= 4 is 78.9 Å². The lowest BCUT2D eigenvalue weighted by atomic mass is 9.43. The highest BCUT2D eigenvalue weighted by molar-refractivity contribution is 6.94. The number of rotatable bonds is 2. The molecule has 69 heavy (non-hydrogen) atoms. The maximum Gasteiger partial charge on any atom is 0.333 e. The lowest BCUT2D eigenvalue weighted by Gasteiger charge is -2.49. The second-order valence-corrected chi connectivity index (χ2v) is 26.2. The summed E-state index contributed by atoms with van der Waals surface area (Å²) < 4.78 is 6.93. The van der Waals surface area contributed by atoms with Crippen molar-refractivity contribution in [1.82, 2.24) is 0 Å². The van der Waals surface area contributed by atoms with E-state index in [0.29, 0.717) is 0 Å². The molecule has 0 saturated carbocycles. The lowest BCUT2D eigenvalue weighted by molar-refractivity contribution is 0.332. The van der Waals surface area contributed by atoms with E-state index in [1.165, 1.54) is 132 Å². The van der Waals surface area contributed by atoms with Crippen LogP contribution >= 0.6 is 0 Å². The maximum absolute atomic E-state index is 6.93. The van der Waals surface area contributed by atoms with Crippen LogP contribution in [0, 0.1) is 6.92 Å². The van der Waals surface area contributed by atoms with Gasteiger partial charge < -0.3 is 14.1 Å². The third kappa shape index (κ3) is 5.99. The fourth-order valence-electron chi connectivity index (χ4n) is 14.2. The predicted molar refractivity (Wildman–Crippen MR) is 296 cm³/mol. The first-order chi connectivity index (χ1) is 32.6. The first kappa shape index (κ1) is 43.3. The molecule has 0 radical (unpaired) electrons. The van der Waals surface area contributed by atoms with Crippen molar-refractivity contribution < 1.29 is 4.42 Å². The molecule has 0 fully saturated rings. The van der Waals surface area contributed by atoms with E-state index in [0.717, 1.165) is 28.4 Å². The van der Waals surface area contributed by atoms with Gasteiger partial charge >= 0.3 is 6.85 Å². The van der Waals surface area contributed by atoms with Crippen LogP contribution in [0.1, 0.15) is 161 Å². The standard InChI is InChI=1S/C65H69BN2O/c1-38-30-47-50(64(10,11)28-26-61(47,4)5)35-53(38)67-55-34-44-42-20-16-17-21-56(42)69-57(44)37-52(55)66-58-45(31-39-18-14-15-19-41(39)59(58)67)43-33-49-51(65(12,13)29-27-63(49,8)9)36-54(43)68(66)40-22-23-46-48(32-40)62(6,7)25-24-60(46,2)3/h14-23,30-37H,24-29H2,1-13H3. The summed E-state index contributed by atoms with van der Waals surface area (Å²) in [5, 5.41) is 4.89. The average molecular weight is 905 g/mol. The zero-order valence-corrected chi connectivity index (χ0v) is 43.5. The predicted octanol–water partition coefficient (Wildman–Crippen LogP) is 16.8. The van der Waals surface area contributed by atoms with Crippen LogP contribution in [-0.4, -0.2) is 6.85 Å². The van der Waals surface area contributed by atoms with Gasteiger partial charge in [-0.3, -0.25) is 0 Å². The van der Waals surface area contributed by atoms with E-state index in [1.807, 2.05) is 0 Å². The van der Waals surface area contributed by atoms with Crippen molar-refractivity contribution in [3.8, 4) is 11.1 Å². The number of hydrogen-bond donors (Lipinski definition) is 0. The van der Waals surface area contributed by atoms with Crippen molar-refractivity contribution in [2.75, 3.05) is 9.71 Å². The Balaban J connectivity index is 1.21. The highest BCUT2D eigenvalue weighted by Crippen LogP contribution is 2.57. The summed E-state index contributed by atoms with van der Waals surface area (Å²) in [5.41, 5.74) is 24.3. The fraction of sp³-hybridized carbons (Fsp3) is 0.385. The summed E-state index contributed by atoms with van der Waals surface area (Å²) in [4.78, 5) is 5.51. The monoisotopic (exact) mass is 905 g/mol. The van der Waals surface area contributed by atoms with Gasteiger partial charge in [-0.15, -0.1) is 0 Å². The molecule has 0 atom stereocenters. The molecule has 2 aliphatic heterocycles. The van der Waals surface area contributed by atoms with Crippen molar-refractivity contribution in [2.24, 2.45) is 0 Å². The third-order valence-electron chi connectivity index (χ3n) is 18.9. The second kappa shape index (κ2) is 13.8. The Morgan fingerprint density at radius 3 is 1.62 bits per heavy atom. The van der Waals surface area contributed by atoms with E-state index >= 15 is 0 Å². The van der Waals surface area contributed by atoms with Crippen LogP contribution in [0.2, 0.25) is 0 Å². The highest BCUT2D eigenvalue weighted by Gasteiger charge is 2.50. The Morgan fingerprint density at radius 2 is 0.971 bits per heavy atom. The molecule has 4 heteroatoms. The van der Waals surface area contributed by atoms with Crippen molar-refractivity contribution in [3.05, 3.63) is 148 Å². The van der Waals surface area contributed by atoms with Crippen LogP contribution in [0.15, 0.2) is 114 Å². The number of aryl methyl sites for hydroxylation is 1. The summed E-state index contributed by atoms with van der Waals surface area (Å²) in [6, 6.07) is 43.5. The van der Waals surface area contributed by atoms with Gasteiger partial charge in [0.2, 0.25) is 0 Å². The molecule has 3 aliphatic carbocycles. The average Bonchev–Trinajstić information content (AvgIpc) is 3.67. The molecule has 348 valence electrons. The number of anilines is 5. The van der Waals surface area contributed by atoms with Crippen LogP contribution in [0.4, 0.5) is 28.4 Å². The minimum atomic E-state index is -0.139. The molecule has 8 aromatic rings. The van der Waals surface area contributed by atoms with Gasteiger partial charge in [-0.05, 0) is 193 Å². The summed E-state index contributed by atoms with van der Waals surface area (Å²) in [7, 11) is 0. The maximum atomic E-state index is 6.93. The molecule has 7 aromatic carbocycles. The number of nitrogens with zero attached hydrogens (tertiary/aromatic N) is 2. The van der Waals surface area contributed by atoms with Gasteiger partial charge in [0.15, 0.2) is 0 Å². The first-order valence-corrected chi connectivity index (χ1v) is 26.2. The van der Waals surface area contributed by atoms with Crippen LogP contribution in [0.3, 0.4) is 0 Å². The topological polar surface area (TPSA) is 19.6 Å². The summed E-state index contributed by atoms with van der Waals surface area (Å²) in [6.45, 7) is 31.9. The normalized spacial score (nSPS) is 20.5. The van der Waals surface area contributed by atoms with Crippen LogP contribution < -0.4 is 20.6 Å². The number of para-hydroxylation sites is 1. The molecular weight excluding hydrogens is 836 g/mol. The smallest absolute Gasteiger partial charge is 0.333 e. The third-order valence-corrected chi connectivity index (χ3v) is 18.9. The molecule has 3 heterocycles. The van der Waals surface area contributed by atoms with E-state index in [4.69, 9.17) is 4.42 Å². The fourth-order valence-corrected chi connectivity index (χ4v) is 14.2. The lowest BCUT2D eigenvalue weighted by Crippen LogP contribution is -2.61. The molecule has 0 amide bonds. The van der Waals surface area contributed by atoms with Gasteiger partial charge in [0.25, 0.3) is 0 Å². The van der Waals surface area contributed by atoms with E-state index in [1.54, 1.807) is 0 Å². The Bertz CT molecular complexity index is 3560. The summed E-state index contributed by atoms with van der Waals surface area (Å²) >= 11 is 0. The van der Waals surface area contributed by atoms with Crippen molar-refractivity contribution in [1.29, 1.82) is 0 Å². The molecule has 1 aromatic heterocycles.